The van der Waals surface area contributed by atoms with Gasteiger partial charge in [-0.3, -0.25) is 4.79 Å². The molecule has 1 aromatic carbocycles. The molecule has 2 heterocycles. The predicted molar refractivity (Wildman–Crippen MR) is 86.8 cm³/mol. The first kappa shape index (κ1) is 14.4. The highest BCUT2D eigenvalue weighted by molar-refractivity contribution is 8.15. The number of thiazole rings is 1. The summed E-state index contributed by atoms with van der Waals surface area (Å²) in [5.74, 6) is -0.0812. The van der Waals surface area contributed by atoms with Crippen molar-refractivity contribution in [1.82, 2.24) is 4.98 Å². The van der Waals surface area contributed by atoms with Gasteiger partial charge in [0.15, 0.2) is 5.72 Å². The van der Waals surface area contributed by atoms with Gasteiger partial charge in [-0.05, 0) is 13.8 Å². The Hall–Kier alpha value is -1.50. The normalized spacial score (nSPS) is 24.9. The fourth-order valence-electron chi connectivity index (χ4n) is 2.18. The molecule has 0 bridgehead atoms. The standard InChI is InChI=1S/C15H14N2O2S2/c1-9(18)12-15(2,19)17-14(21-12)11-8-20-13(16-11)10-6-4-3-5-7-10/h3-8,12,19H,1-2H3. The van der Waals surface area contributed by atoms with Crippen LogP contribution in [0.25, 0.3) is 10.6 Å². The van der Waals surface area contributed by atoms with Crippen LogP contribution in [0.2, 0.25) is 0 Å². The fourth-order valence-corrected chi connectivity index (χ4v) is 4.20. The van der Waals surface area contributed by atoms with Crippen LogP contribution in [0.15, 0.2) is 40.7 Å². The molecular weight excluding hydrogens is 304 g/mol. The first-order valence-electron chi connectivity index (χ1n) is 6.48. The van der Waals surface area contributed by atoms with Crippen molar-refractivity contribution in [2.45, 2.75) is 24.8 Å². The van der Waals surface area contributed by atoms with Gasteiger partial charge in [-0.25, -0.2) is 9.98 Å². The number of nitrogens with zero attached hydrogens (tertiary/aromatic N) is 2. The lowest BCUT2D eigenvalue weighted by molar-refractivity contribution is -0.119. The summed E-state index contributed by atoms with van der Waals surface area (Å²) in [6, 6.07) is 9.90. The summed E-state index contributed by atoms with van der Waals surface area (Å²) < 4.78 is 0. The fraction of sp³-hybridized carbons (Fsp3) is 0.267. The molecule has 2 atom stereocenters. The van der Waals surface area contributed by atoms with E-state index in [1.807, 2.05) is 35.7 Å². The van der Waals surface area contributed by atoms with Crippen LogP contribution in [0.5, 0.6) is 0 Å². The summed E-state index contributed by atoms with van der Waals surface area (Å²) >= 11 is 2.81. The summed E-state index contributed by atoms with van der Waals surface area (Å²) in [6.45, 7) is 3.03. The number of benzene rings is 1. The van der Waals surface area contributed by atoms with Gasteiger partial charge in [-0.15, -0.1) is 11.3 Å². The van der Waals surface area contributed by atoms with E-state index >= 15 is 0 Å². The summed E-state index contributed by atoms with van der Waals surface area (Å²) in [5, 5.41) is 13.1. The highest BCUT2D eigenvalue weighted by atomic mass is 32.2. The van der Waals surface area contributed by atoms with E-state index in [1.54, 1.807) is 6.92 Å². The van der Waals surface area contributed by atoms with Gasteiger partial charge in [-0.1, -0.05) is 42.1 Å². The molecule has 1 aliphatic rings. The van der Waals surface area contributed by atoms with E-state index in [4.69, 9.17) is 0 Å². The Morgan fingerprint density at radius 1 is 1.33 bits per heavy atom. The lowest BCUT2D eigenvalue weighted by Gasteiger charge is -2.18. The zero-order valence-electron chi connectivity index (χ0n) is 11.6. The molecule has 2 aromatic rings. The molecule has 1 aliphatic heterocycles. The molecule has 0 spiro atoms. The van der Waals surface area contributed by atoms with Crippen molar-refractivity contribution in [3.63, 3.8) is 0 Å². The second-order valence-corrected chi connectivity index (χ2v) is 6.98. The maximum atomic E-state index is 11.6. The molecule has 0 aliphatic carbocycles. The molecule has 0 saturated heterocycles. The number of aromatic nitrogens is 1. The minimum Gasteiger partial charge on any atom is -0.368 e. The van der Waals surface area contributed by atoms with Crippen LogP contribution in [0.1, 0.15) is 19.5 Å². The van der Waals surface area contributed by atoms with E-state index in [9.17, 15) is 9.90 Å². The average molecular weight is 318 g/mol. The van der Waals surface area contributed by atoms with Crippen molar-refractivity contribution in [2.24, 2.45) is 4.99 Å². The number of aliphatic hydroxyl groups is 1. The highest BCUT2D eigenvalue weighted by Gasteiger charge is 2.43. The third kappa shape index (κ3) is 2.79. The van der Waals surface area contributed by atoms with Gasteiger partial charge in [0, 0.05) is 10.9 Å². The molecule has 4 nitrogen and oxygen atoms in total. The Kier molecular flexibility index (Phi) is 3.69. The number of carbonyl (C=O) groups is 1. The minimum atomic E-state index is -1.36. The number of hydrogen-bond donors (Lipinski definition) is 1. The molecule has 108 valence electrons. The van der Waals surface area contributed by atoms with E-state index in [2.05, 4.69) is 9.98 Å². The maximum Gasteiger partial charge on any atom is 0.173 e. The zero-order valence-corrected chi connectivity index (χ0v) is 13.2. The SMILES string of the molecule is CC(=O)C1SC(c2csc(-c3ccccc3)n2)=NC1(C)O. The number of hydrogen-bond acceptors (Lipinski definition) is 6. The van der Waals surface area contributed by atoms with E-state index in [-0.39, 0.29) is 5.78 Å². The number of Topliss-reactive ketones (excluding diaryl/α,β-unsaturated/α-hetero) is 1. The zero-order chi connectivity index (χ0) is 15.0. The first-order chi connectivity index (χ1) is 9.97. The second kappa shape index (κ2) is 5.36. The van der Waals surface area contributed by atoms with Crippen molar-refractivity contribution in [3.8, 4) is 10.6 Å². The molecule has 2 unspecified atom stereocenters. The van der Waals surface area contributed by atoms with Gasteiger partial charge in [0.2, 0.25) is 0 Å². The van der Waals surface area contributed by atoms with Crippen LogP contribution in [0, 0.1) is 0 Å². The summed E-state index contributed by atoms with van der Waals surface area (Å²) in [7, 11) is 0. The molecule has 0 amide bonds. The Balaban J connectivity index is 1.90. The number of thioether (sulfide) groups is 1. The van der Waals surface area contributed by atoms with Crippen LogP contribution in [-0.2, 0) is 4.79 Å². The average Bonchev–Trinajstić information content (AvgIpc) is 3.03. The first-order valence-corrected chi connectivity index (χ1v) is 8.24. The quantitative estimate of drug-likeness (QED) is 0.945. The Labute approximate surface area is 131 Å². The molecule has 0 fully saturated rings. The van der Waals surface area contributed by atoms with Gasteiger partial charge < -0.3 is 5.11 Å². The maximum absolute atomic E-state index is 11.6. The Morgan fingerprint density at radius 2 is 2.05 bits per heavy atom. The molecule has 0 saturated carbocycles. The third-order valence-corrected chi connectivity index (χ3v) is 5.60. The lowest BCUT2D eigenvalue weighted by atomic mass is 10.1. The summed E-state index contributed by atoms with van der Waals surface area (Å²) in [6.07, 6.45) is 0. The van der Waals surface area contributed by atoms with Gasteiger partial charge in [0.1, 0.15) is 26.8 Å². The number of carbonyl (C=O) groups excluding carboxylic acids is 1. The largest absolute Gasteiger partial charge is 0.368 e. The van der Waals surface area contributed by atoms with Crippen LogP contribution in [0.3, 0.4) is 0 Å². The Bertz CT molecular complexity index is 707. The molecule has 1 aromatic heterocycles. The summed E-state index contributed by atoms with van der Waals surface area (Å²) in [5.41, 5.74) is 0.405. The van der Waals surface area contributed by atoms with Gasteiger partial charge in [0.05, 0.1) is 0 Å². The molecular formula is C15H14N2O2S2. The van der Waals surface area contributed by atoms with E-state index < -0.39 is 11.0 Å². The summed E-state index contributed by atoms with van der Waals surface area (Å²) in [4.78, 5) is 20.4. The van der Waals surface area contributed by atoms with Crippen molar-refractivity contribution in [2.75, 3.05) is 0 Å². The van der Waals surface area contributed by atoms with Gasteiger partial charge in [-0.2, -0.15) is 0 Å². The predicted octanol–water partition coefficient (Wildman–Crippen LogP) is 2.97. The minimum absolute atomic E-state index is 0.0812. The van der Waals surface area contributed by atoms with Crippen LogP contribution in [0.4, 0.5) is 0 Å². The van der Waals surface area contributed by atoms with Crippen LogP contribution < -0.4 is 0 Å². The van der Waals surface area contributed by atoms with E-state index in [0.717, 1.165) is 10.6 Å². The van der Waals surface area contributed by atoms with Crippen LogP contribution in [-0.4, -0.2) is 31.9 Å². The molecule has 0 radical (unpaired) electrons. The smallest absolute Gasteiger partial charge is 0.173 e. The van der Waals surface area contributed by atoms with Crippen molar-refractivity contribution < 1.29 is 9.90 Å². The van der Waals surface area contributed by atoms with Crippen molar-refractivity contribution in [1.29, 1.82) is 0 Å². The molecule has 1 N–H and O–H groups in total. The third-order valence-electron chi connectivity index (χ3n) is 3.17. The number of ketones is 1. The number of aliphatic imine (C=N–C) groups is 1. The lowest BCUT2D eigenvalue weighted by Crippen LogP contribution is -2.36. The monoisotopic (exact) mass is 318 g/mol. The van der Waals surface area contributed by atoms with Crippen molar-refractivity contribution in [3.05, 3.63) is 41.4 Å². The van der Waals surface area contributed by atoms with Crippen LogP contribution >= 0.6 is 23.1 Å². The topological polar surface area (TPSA) is 62.5 Å². The van der Waals surface area contributed by atoms with E-state index in [0.29, 0.717) is 10.7 Å². The second-order valence-electron chi connectivity index (χ2n) is 5.02. The van der Waals surface area contributed by atoms with E-state index in [1.165, 1.54) is 30.0 Å². The number of rotatable bonds is 3. The van der Waals surface area contributed by atoms with Crippen molar-refractivity contribution >= 4 is 33.9 Å². The van der Waals surface area contributed by atoms with Gasteiger partial charge >= 0.3 is 0 Å². The highest BCUT2D eigenvalue weighted by Crippen LogP contribution is 2.37. The molecule has 3 rings (SSSR count). The molecule has 6 heteroatoms. The van der Waals surface area contributed by atoms with Gasteiger partial charge in [0.25, 0.3) is 0 Å². The Morgan fingerprint density at radius 3 is 2.67 bits per heavy atom. The molecule has 21 heavy (non-hydrogen) atoms.